The Balaban J connectivity index is 1.61. The van der Waals surface area contributed by atoms with Gasteiger partial charge in [0.1, 0.15) is 18.6 Å². The second kappa shape index (κ2) is 11.8. The number of aromatic amines is 1. The van der Waals surface area contributed by atoms with Gasteiger partial charge in [0.05, 0.1) is 11.7 Å². The van der Waals surface area contributed by atoms with Crippen molar-refractivity contribution in [3.63, 3.8) is 0 Å². The van der Waals surface area contributed by atoms with Crippen LogP contribution in [0.4, 0.5) is 0 Å². The van der Waals surface area contributed by atoms with E-state index >= 15 is 0 Å². The third-order valence-corrected chi connectivity index (χ3v) is 5.67. The van der Waals surface area contributed by atoms with Crippen LogP contribution in [0.1, 0.15) is 30.0 Å². The molecular formula is C29H29N3O2. The summed E-state index contributed by atoms with van der Waals surface area (Å²) in [6.45, 7) is 4.11. The molecule has 5 heteroatoms. The highest BCUT2D eigenvalue weighted by atomic mass is 16.5. The van der Waals surface area contributed by atoms with E-state index in [4.69, 9.17) is 4.74 Å². The summed E-state index contributed by atoms with van der Waals surface area (Å²) in [5.41, 5.74) is 7.07. The van der Waals surface area contributed by atoms with E-state index in [9.17, 15) is 4.79 Å². The van der Waals surface area contributed by atoms with Crippen LogP contribution in [0.3, 0.4) is 0 Å². The Kier molecular flexibility index (Phi) is 8.04. The molecule has 0 bridgehead atoms. The molecule has 0 saturated carbocycles. The van der Waals surface area contributed by atoms with Crippen molar-refractivity contribution in [2.75, 3.05) is 19.7 Å². The fourth-order valence-electron chi connectivity index (χ4n) is 4.05. The number of ether oxygens (including phenoxy) is 1. The quantitative estimate of drug-likeness (QED) is 0.134. The van der Waals surface area contributed by atoms with Gasteiger partial charge in [0.15, 0.2) is 0 Å². The van der Waals surface area contributed by atoms with E-state index < -0.39 is 0 Å². The van der Waals surface area contributed by atoms with Crippen molar-refractivity contribution in [1.82, 2.24) is 15.5 Å². The summed E-state index contributed by atoms with van der Waals surface area (Å²) in [5, 5.41) is 11.5. The summed E-state index contributed by atoms with van der Waals surface area (Å²) in [5.74, 6) is 0.830. The minimum atomic E-state index is 0.554. The van der Waals surface area contributed by atoms with Gasteiger partial charge in [0.2, 0.25) is 0 Å². The summed E-state index contributed by atoms with van der Waals surface area (Å²) < 4.78 is 5.89. The topological polar surface area (TPSA) is 67.0 Å². The summed E-state index contributed by atoms with van der Waals surface area (Å²) in [7, 11) is 0. The van der Waals surface area contributed by atoms with Crippen molar-refractivity contribution in [3.05, 3.63) is 108 Å². The third-order valence-electron chi connectivity index (χ3n) is 5.67. The van der Waals surface area contributed by atoms with Crippen LogP contribution in [0, 0.1) is 0 Å². The summed E-state index contributed by atoms with van der Waals surface area (Å²) in [4.78, 5) is 10.3. The Morgan fingerprint density at radius 1 is 1.00 bits per heavy atom. The lowest BCUT2D eigenvalue weighted by Crippen LogP contribution is -2.21. The largest absolute Gasteiger partial charge is 0.492 e. The molecule has 0 atom stereocenters. The van der Waals surface area contributed by atoms with Crippen LogP contribution < -0.4 is 10.1 Å². The molecule has 1 aromatic heterocycles. The molecule has 2 N–H and O–H groups in total. The fraction of sp³-hybridized carbons (Fsp3) is 0.172. The number of nitrogens with one attached hydrogen (secondary N) is 2. The summed E-state index contributed by atoms with van der Waals surface area (Å²) >= 11 is 0. The standard InChI is InChI=1S/C29H29N3O2/c1-2-27(22-8-4-3-5-9-22)29(24-12-15-28-25(20-24)21-31-32-28)23-10-13-26(14-11-23)34-19-17-30-16-6-7-18-33/h3-15,18,20-21,30H,2,16-17,19H2,1H3,(H,31,32)/b7-6+,29-27+. The maximum atomic E-state index is 10.3. The minimum Gasteiger partial charge on any atom is -0.492 e. The fourth-order valence-corrected chi connectivity index (χ4v) is 4.05. The van der Waals surface area contributed by atoms with Crippen LogP contribution in [-0.4, -0.2) is 36.2 Å². The first-order valence-corrected chi connectivity index (χ1v) is 11.6. The van der Waals surface area contributed by atoms with Crippen molar-refractivity contribution >= 4 is 28.3 Å². The van der Waals surface area contributed by atoms with Gasteiger partial charge in [-0.3, -0.25) is 9.89 Å². The monoisotopic (exact) mass is 451 g/mol. The number of hydrogen-bond donors (Lipinski definition) is 2. The van der Waals surface area contributed by atoms with Crippen LogP contribution in [0.5, 0.6) is 5.75 Å². The minimum absolute atomic E-state index is 0.554. The Morgan fingerprint density at radius 3 is 2.56 bits per heavy atom. The molecule has 0 unspecified atom stereocenters. The van der Waals surface area contributed by atoms with Gasteiger partial charge in [-0.15, -0.1) is 0 Å². The Hall–Kier alpha value is -3.96. The van der Waals surface area contributed by atoms with E-state index in [1.165, 1.54) is 22.8 Å². The maximum absolute atomic E-state index is 10.3. The lowest BCUT2D eigenvalue weighted by Gasteiger charge is -2.17. The molecule has 3 aromatic carbocycles. The van der Waals surface area contributed by atoms with Crippen LogP contribution in [-0.2, 0) is 4.79 Å². The maximum Gasteiger partial charge on any atom is 0.142 e. The molecule has 0 spiro atoms. The number of hydrogen-bond acceptors (Lipinski definition) is 4. The van der Waals surface area contributed by atoms with E-state index in [1.807, 2.05) is 24.4 Å². The lowest BCUT2D eigenvalue weighted by molar-refractivity contribution is -0.104. The number of aldehydes is 1. The highest BCUT2D eigenvalue weighted by molar-refractivity contribution is 6.00. The van der Waals surface area contributed by atoms with Crippen LogP contribution in [0.2, 0.25) is 0 Å². The molecule has 1 heterocycles. The molecule has 0 aliphatic heterocycles. The average molecular weight is 452 g/mol. The highest BCUT2D eigenvalue weighted by Crippen LogP contribution is 2.36. The van der Waals surface area contributed by atoms with Crippen molar-refractivity contribution < 1.29 is 9.53 Å². The van der Waals surface area contributed by atoms with Gasteiger partial charge < -0.3 is 10.1 Å². The molecule has 4 rings (SSSR count). The molecule has 0 saturated heterocycles. The molecule has 0 aliphatic rings. The van der Waals surface area contributed by atoms with Gasteiger partial charge in [-0.25, -0.2) is 0 Å². The third kappa shape index (κ3) is 5.69. The van der Waals surface area contributed by atoms with Gasteiger partial charge in [-0.2, -0.15) is 5.10 Å². The number of allylic oxidation sites excluding steroid dienone is 2. The zero-order valence-corrected chi connectivity index (χ0v) is 19.3. The number of rotatable bonds is 11. The van der Waals surface area contributed by atoms with E-state index in [2.05, 4.69) is 77.0 Å². The molecular weight excluding hydrogens is 422 g/mol. The Morgan fingerprint density at radius 2 is 1.79 bits per heavy atom. The zero-order valence-electron chi connectivity index (χ0n) is 19.3. The van der Waals surface area contributed by atoms with Gasteiger partial charge in [0.25, 0.3) is 0 Å². The van der Waals surface area contributed by atoms with Crippen molar-refractivity contribution in [1.29, 1.82) is 0 Å². The smallest absolute Gasteiger partial charge is 0.142 e. The predicted octanol–water partition coefficient (Wildman–Crippen LogP) is 5.66. The van der Waals surface area contributed by atoms with Crippen LogP contribution in [0.15, 0.2) is 91.1 Å². The second-order valence-electron chi connectivity index (χ2n) is 7.89. The summed E-state index contributed by atoms with van der Waals surface area (Å²) in [6.07, 6.45) is 6.82. The molecule has 0 aliphatic carbocycles. The molecule has 34 heavy (non-hydrogen) atoms. The van der Waals surface area contributed by atoms with Crippen LogP contribution >= 0.6 is 0 Å². The molecule has 172 valence electrons. The molecule has 0 fully saturated rings. The second-order valence-corrected chi connectivity index (χ2v) is 7.89. The van der Waals surface area contributed by atoms with E-state index in [0.29, 0.717) is 19.7 Å². The number of nitrogens with zero attached hydrogens (tertiary/aromatic N) is 1. The van der Waals surface area contributed by atoms with Crippen molar-refractivity contribution in [2.45, 2.75) is 13.3 Å². The molecule has 5 nitrogen and oxygen atoms in total. The van der Waals surface area contributed by atoms with Crippen molar-refractivity contribution in [3.8, 4) is 5.75 Å². The van der Waals surface area contributed by atoms with E-state index in [0.717, 1.165) is 40.5 Å². The molecule has 4 aromatic rings. The zero-order chi connectivity index (χ0) is 23.6. The first-order chi connectivity index (χ1) is 16.8. The van der Waals surface area contributed by atoms with Gasteiger partial charge >= 0.3 is 0 Å². The van der Waals surface area contributed by atoms with Gasteiger partial charge in [-0.05, 0) is 64.6 Å². The van der Waals surface area contributed by atoms with Gasteiger partial charge in [0, 0.05) is 18.5 Å². The first kappa shape index (κ1) is 23.2. The Bertz CT molecular complexity index is 1270. The summed E-state index contributed by atoms with van der Waals surface area (Å²) in [6, 6.07) is 25.3. The van der Waals surface area contributed by atoms with E-state index in [1.54, 1.807) is 6.08 Å². The lowest BCUT2D eigenvalue weighted by atomic mass is 9.88. The number of aromatic nitrogens is 2. The number of benzene rings is 3. The Labute approximate surface area is 200 Å². The van der Waals surface area contributed by atoms with Gasteiger partial charge in [-0.1, -0.05) is 61.5 Å². The average Bonchev–Trinajstić information content (AvgIpc) is 3.36. The normalized spacial score (nSPS) is 12.1. The number of carbonyl (C=O) groups excluding carboxylic acids is 1. The van der Waals surface area contributed by atoms with Crippen LogP contribution in [0.25, 0.3) is 22.0 Å². The number of H-pyrrole nitrogens is 1. The van der Waals surface area contributed by atoms with E-state index in [-0.39, 0.29) is 0 Å². The highest BCUT2D eigenvalue weighted by Gasteiger charge is 2.14. The molecule has 0 amide bonds. The predicted molar refractivity (Wildman–Crippen MR) is 139 cm³/mol. The number of fused-ring (bicyclic) bond motifs is 1. The first-order valence-electron chi connectivity index (χ1n) is 11.6. The van der Waals surface area contributed by atoms with Crippen molar-refractivity contribution in [2.24, 2.45) is 0 Å². The SMILES string of the molecule is CC/C(=C(/c1ccc(OCCNC/C=C/C=O)cc1)c1ccc2[nH]ncc2c1)c1ccccc1. The number of carbonyl (C=O) groups is 1. The molecule has 0 radical (unpaired) electrons.